The van der Waals surface area contributed by atoms with Crippen LogP contribution in [0.15, 0.2) is 72.8 Å². The van der Waals surface area contributed by atoms with Crippen LogP contribution in [0.4, 0.5) is 15.8 Å². The van der Waals surface area contributed by atoms with E-state index in [-0.39, 0.29) is 11.7 Å². The van der Waals surface area contributed by atoms with Gasteiger partial charge in [-0.05, 0) is 41.5 Å². The molecule has 1 heterocycles. The molecule has 9 heteroatoms. The molecule has 0 aliphatic carbocycles. The molecule has 1 aliphatic rings. The Labute approximate surface area is 190 Å². The maximum atomic E-state index is 13.4. The Morgan fingerprint density at radius 1 is 0.939 bits per heavy atom. The van der Waals surface area contributed by atoms with Gasteiger partial charge in [0.1, 0.15) is 11.9 Å². The fourth-order valence-electron chi connectivity index (χ4n) is 3.58. The Bertz CT molecular complexity index is 1300. The van der Waals surface area contributed by atoms with Crippen LogP contribution in [0.3, 0.4) is 0 Å². The summed E-state index contributed by atoms with van der Waals surface area (Å²) < 4.78 is 38.5. The molecule has 3 N–H and O–H groups in total. The number of carbonyl (C=O) groups excluding carboxylic acids is 2. The van der Waals surface area contributed by atoms with Crippen molar-refractivity contribution in [2.24, 2.45) is 0 Å². The highest BCUT2D eigenvalue weighted by atomic mass is 32.2. The van der Waals surface area contributed by atoms with Crippen LogP contribution in [0, 0.1) is 5.82 Å². The smallest absolute Gasteiger partial charge is 0.251 e. The largest absolute Gasteiger partial charge is 0.371 e. The summed E-state index contributed by atoms with van der Waals surface area (Å²) in [5.74, 6) is -2.16. The molecule has 1 unspecified atom stereocenters. The lowest BCUT2D eigenvalue weighted by Crippen LogP contribution is -2.43. The number of hydrogen-bond donors (Lipinski definition) is 3. The van der Waals surface area contributed by atoms with Crippen LogP contribution in [-0.2, 0) is 26.9 Å². The fraction of sp³-hybridized carbons (Fsp3) is 0.167. The molecule has 0 bridgehead atoms. The zero-order valence-corrected chi connectivity index (χ0v) is 18.4. The molecule has 170 valence electrons. The van der Waals surface area contributed by atoms with E-state index in [2.05, 4.69) is 16.0 Å². The first-order valence-electron chi connectivity index (χ1n) is 10.3. The first-order valence-corrected chi connectivity index (χ1v) is 12.1. The Kier molecular flexibility index (Phi) is 6.41. The average molecular weight is 468 g/mol. The first-order chi connectivity index (χ1) is 15.8. The third-order valence-corrected chi connectivity index (χ3v) is 6.79. The van der Waals surface area contributed by atoms with E-state index in [4.69, 9.17) is 0 Å². The zero-order chi connectivity index (χ0) is 23.4. The Morgan fingerprint density at radius 2 is 1.70 bits per heavy atom. The number of rotatable bonds is 7. The molecular formula is C24H22FN3O4S. The van der Waals surface area contributed by atoms with Gasteiger partial charge in [-0.1, -0.05) is 42.5 Å². The number of sulfone groups is 1. The van der Waals surface area contributed by atoms with Gasteiger partial charge in [-0.15, -0.1) is 0 Å². The summed E-state index contributed by atoms with van der Waals surface area (Å²) in [7, 11) is -3.70. The summed E-state index contributed by atoms with van der Waals surface area (Å²) in [6.07, 6.45) is 0. The molecule has 7 nitrogen and oxygen atoms in total. The molecule has 1 aliphatic heterocycles. The molecule has 1 atom stereocenters. The summed E-state index contributed by atoms with van der Waals surface area (Å²) in [6, 6.07) is 18.6. The molecule has 0 saturated heterocycles. The minimum Gasteiger partial charge on any atom is -0.371 e. The monoisotopic (exact) mass is 467 g/mol. The van der Waals surface area contributed by atoms with Crippen molar-refractivity contribution < 1.29 is 22.4 Å². The highest BCUT2D eigenvalue weighted by Crippen LogP contribution is 2.28. The lowest BCUT2D eigenvalue weighted by atomic mass is 10.1. The summed E-state index contributed by atoms with van der Waals surface area (Å²) >= 11 is 0. The van der Waals surface area contributed by atoms with Gasteiger partial charge in [0.15, 0.2) is 9.84 Å². The second kappa shape index (κ2) is 9.41. The Balaban J connectivity index is 1.41. The van der Waals surface area contributed by atoms with Crippen molar-refractivity contribution in [3.8, 4) is 0 Å². The minimum atomic E-state index is -3.70. The van der Waals surface area contributed by atoms with Crippen molar-refractivity contribution >= 4 is 33.0 Å². The van der Waals surface area contributed by atoms with Gasteiger partial charge in [0.2, 0.25) is 5.91 Å². The van der Waals surface area contributed by atoms with E-state index in [0.717, 1.165) is 11.6 Å². The second-order valence-electron chi connectivity index (χ2n) is 7.80. The molecule has 0 saturated carbocycles. The minimum absolute atomic E-state index is 0.296. The molecule has 3 aromatic carbocycles. The zero-order valence-electron chi connectivity index (χ0n) is 17.5. The maximum absolute atomic E-state index is 13.4. The standard InChI is InChI=1S/C24H22FN3O4S/c25-19-8-4-7-17(11-19)14-33(31,32)15-22-24(30)28-21-12-18(9-10-20(21)27-22)23(29)26-13-16-5-2-1-3-6-16/h1-12,22,27H,13-15H2,(H,26,29)(H,28,30). The third kappa shape index (κ3) is 5.75. The number of benzene rings is 3. The molecule has 0 spiro atoms. The van der Waals surface area contributed by atoms with E-state index in [9.17, 15) is 22.4 Å². The normalized spacial score (nSPS) is 15.2. The number of amides is 2. The molecule has 0 fully saturated rings. The summed E-state index contributed by atoms with van der Waals surface area (Å²) in [4.78, 5) is 25.0. The van der Waals surface area contributed by atoms with Crippen LogP contribution in [0.1, 0.15) is 21.5 Å². The SMILES string of the molecule is O=C(NCc1ccccc1)c1ccc2c(c1)NC(=O)C(CS(=O)(=O)Cc1cccc(F)c1)N2. The van der Waals surface area contributed by atoms with Gasteiger partial charge in [0.05, 0.1) is 22.9 Å². The molecule has 3 aromatic rings. The Hall–Kier alpha value is -3.72. The number of hydrogen-bond acceptors (Lipinski definition) is 5. The van der Waals surface area contributed by atoms with Crippen LogP contribution in [0.5, 0.6) is 0 Å². The third-order valence-electron chi connectivity index (χ3n) is 5.18. The van der Waals surface area contributed by atoms with Gasteiger partial charge < -0.3 is 16.0 Å². The van der Waals surface area contributed by atoms with Gasteiger partial charge in [0.25, 0.3) is 5.91 Å². The molecular weight excluding hydrogens is 445 g/mol. The van der Waals surface area contributed by atoms with E-state index in [1.54, 1.807) is 12.1 Å². The van der Waals surface area contributed by atoms with Crippen LogP contribution >= 0.6 is 0 Å². The van der Waals surface area contributed by atoms with Crippen LogP contribution < -0.4 is 16.0 Å². The lowest BCUT2D eigenvalue weighted by Gasteiger charge is -2.27. The first kappa shape index (κ1) is 22.5. The van der Waals surface area contributed by atoms with E-state index in [1.807, 2.05) is 30.3 Å². The molecule has 2 amide bonds. The summed E-state index contributed by atoms with van der Waals surface area (Å²) in [6.45, 7) is 0.368. The number of halogens is 1. The molecule has 0 aromatic heterocycles. The highest BCUT2D eigenvalue weighted by Gasteiger charge is 2.30. The van der Waals surface area contributed by atoms with Gasteiger partial charge in [-0.3, -0.25) is 9.59 Å². The lowest BCUT2D eigenvalue weighted by molar-refractivity contribution is -0.116. The summed E-state index contributed by atoms with van der Waals surface area (Å²) in [5, 5.41) is 8.42. The maximum Gasteiger partial charge on any atom is 0.251 e. The number of carbonyl (C=O) groups is 2. The van der Waals surface area contributed by atoms with Crippen molar-refractivity contribution in [3.63, 3.8) is 0 Å². The average Bonchev–Trinajstić information content (AvgIpc) is 2.78. The molecule has 33 heavy (non-hydrogen) atoms. The van der Waals surface area contributed by atoms with Gasteiger partial charge in [-0.2, -0.15) is 0 Å². The van der Waals surface area contributed by atoms with Crippen molar-refractivity contribution in [2.45, 2.75) is 18.3 Å². The van der Waals surface area contributed by atoms with Gasteiger partial charge in [0, 0.05) is 12.1 Å². The van der Waals surface area contributed by atoms with Gasteiger partial charge in [-0.25, -0.2) is 12.8 Å². The molecule has 4 rings (SSSR count). The van der Waals surface area contributed by atoms with E-state index < -0.39 is 33.4 Å². The predicted octanol–water partition coefficient (Wildman–Crippen LogP) is 3.10. The van der Waals surface area contributed by atoms with Crippen LogP contribution in [0.25, 0.3) is 0 Å². The second-order valence-corrected chi connectivity index (χ2v) is 9.91. The Morgan fingerprint density at radius 3 is 2.45 bits per heavy atom. The fourth-order valence-corrected chi connectivity index (χ4v) is 5.13. The number of nitrogens with one attached hydrogen (secondary N) is 3. The van der Waals surface area contributed by atoms with Gasteiger partial charge >= 0.3 is 0 Å². The topological polar surface area (TPSA) is 104 Å². The number of fused-ring (bicyclic) bond motifs is 1. The van der Waals surface area contributed by atoms with Crippen molar-refractivity contribution in [3.05, 3.63) is 95.3 Å². The van der Waals surface area contributed by atoms with Crippen molar-refractivity contribution in [1.29, 1.82) is 0 Å². The van der Waals surface area contributed by atoms with Crippen LogP contribution in [-0.4, -0.2) is 32.0 Å². The quantitative estimate of drug-likeness (QED) is 0.495. The number of anilines is 2. The highest BCUT2D eigenvalue weighted by molar-refractivity contribution is 7.90. The summed E-state index contributed by atoms with van der Waals surface area (Å²) in [5.41, 5.74) is 2.55. The van der Waals surface area contributed by atoms with E-state index in [0.29, 0.717) is 29.0 Å². The predicted molar refractivity (Wildman–Crippen MR) is 124 cm³/mol. The van der Waals surface area contributed by atoms with Crippen molar-refractivity contribution in [1.82, 2.24) is 5.32 Å². The van der Waals surface area contributed by atoms with Crippen LogP contribution in [0.2, 0.25) is 0 Å². The van der Waals surface area contributed by atoms with Crippen molar-refractivity contribution in [2.75, 3.05) is 16.4 Å². The molecule has 0 radical (unpaired) electrons. The van der Waals surface area contributed by atoms with E-state index in [1.165, 1.54) is 24.3 Å². The van der Waals surface area contributed by atoms with E-state index >= 15 is 0 Å².